The summed E-state index contributed by atoms with van der Waals surface area (Å²) in [6, 6.07) is 5.93. The van der Waals surface area contributed by atoms with E-state index in [1.54, 1.807) is 4.57 Å². The normalized spacial score (nSPS) is 16.1. The minimum Gasteiger partial charge on any atom is -0.440 e. The fraction of sp³-hybridized carbons (Fsp3) is 0.545. The molecule has 1 saturated carbocycles. The van der Waals surface area contributed by atoms with Gasteiger partial charge in [0, 0.05) is 6.04 Å². The molecular formula is C22H30N2O3. The highest BCUT2D eigenvalue weighted by Crippen LogP contribution is 2.37. The molecule has 1 aliphatic rings. The molecule has 146 valence electrons. The molecule has 1 unspecified atom stereocenters. The second-order valence-corrected chi connectivity index (χ2v) is 8.21. The molecule has 27 heavy (non-hydrogen) atoms. The average Bonchev–Trinajstić information content (AvgIpc) is 3.07. The molecule has 0 radical (unpaired) electrons. The molecule has 0 saturated heterocycles. The lowest BCUT2D eigenvalue weighted by Gasteiger charge is -2.26. The van der Waals surface area contributed by atoms with Gasteiger partial charge in [-0.3, -0.25) is 14.3 Å². The van der Waals surface area contributed by atoms with Crippen LogP contribution >= 0.6 is 0 Å². The van der Waals surface area contributed by atoms with Crippen LogP contribution in [-0.2, 0) is 0 Å². The maximum absolute atomic E-state index is 12.8. The Hall–Kier alpha value is -2.30. The largest absolute Gasteiger partial charge is 0.440 e. The molecule has 2 aromatic rings. The van der Waals surface area contributed by atoms with Crippen LogP contribution in [-0.4, -0.2) is 9.55 Å². The Balaban J connectivity index is 2.18. The van der Waals surface area contributed by atoms with Crippen molar-refractivity contribution in [3.05, 3.63) is 55.7 Å². The Morgan fingerprint density at radius 2 is 1.63 bits per heavy atom. The zero-order chi connectivity index (χ0) is 19.7. The van der Waals surface area contributed by atoms with Crippen LogP contribution in [0.5, 0.6) is 11.6 Å². The van der Waals surface area contributed by atoms with E-state index in [-0.39, 0.29) is 23.2 Å². The first-order valence-corrected chi connectivity index (χ1v) is 9.92. The van der Waals surface area contributed by atoms with E-state index >= 15 is 0 Å². The van der Waals surface area contributed by atoms with Gasteiger partial charge in [0.15, 0.2) is 0 Å². The van der Waals surface area contributed by atoms with Crippen molar-refractivity contribution in [1.29, 1.82) is 0 Å². The van der Waals surface area contributed by atoms with Crippen molar-refractivity contribution < 1.29 is 4.74 Å². The molecule has 5 heteroatoms. The second-order valence-electron chi connectivity index (χ2n) is 8.21. The van der Waals surface area contributed by atoms with Gasteiger partial charge < -0.3 is 4.74 Å². The number of aromatic amines is 1. The molecule has 0 bridgehead atoms. The van der Waals surface area contributed by atoms with Gasteiger partial charge in [-0.1, -0.05) is 32.8 Å². The summed E-state index contributed by atoms with van der Waals surface area (Å²) in [5, 5.41) is 0. The molecule has 0 amide bonds. The van der Waals surface area contributed by atoms with Gasteiger partial charge in [0.1, 0.15) is 5.75 Å². The highest BCUT2D eigenvalue weighted by Gasteiger charge is 2.29. The third kappa shape index (κ3) is 4.02. The first-order valence-electron chi connectivity index (χ1n) is 9.92. The maximum atomic E-state index is 12.8. The van der Waals surface area contributed by atoms with Crippen LogP contribution in [0.1, 0.15) is 75.1 Å². The molecule has 1 fully saturated rings. The Bertz CT molecular complexity index is 913. The molecular weight excluding hydrogens is 340 g/mol. The van der Waals surface area contributed by atoms with Gasteiger partial charge in [0.05, 0.1) is 5.56 Å². The highest BCUT2D eigenvalue weighted by atomic mass is 16.5. The van der Waals surface area contributed by atoms with E-state index in [4.69, 9.17) is 4.74 Å². The number of rotatable bonds is 5. The fourth-order valence-electron chi connectivity index (χ4n) is 4.28. The van der Waals surface area contributed by atoms with E-state index in [9.17, 15) is 9.59 Å². The fourth-order valence-corrected chi connectivity index (χ4v) is 4.28. The summed E-state index contributed by atoms with van der Waals surface area (Å²) in [6.07, 6.45) is 4.59. The van der Waals surface area contributed by atoms with E-state index in [2.05, 4.69) is 18.0 Å². The number of ether oxygens (including phenoxy) is 1. The SMILES string of the molecule is Cc1cc(C)cc(Oc2c(C(C)C)c(=O)[nH]c(=O)n2C(C)C2CCCC2)c1. The van der Waals surface area contributed by atoms with Crippen LogP contribution in [0.2, 0.25) is 0 Å². The molecule has 1 aromatic carbocycles. The van der Waals surface area contributed by atoms with E-state index in [1.807, 2.05) is 39.8 Å². The zero-order valence-corrected chi connectivity index (χ0v) is 17.0. The molecule has 1 aliphatic carbocycles. The molecule has 1 heterocycles. The van der Waals surface area contributed by atoms with Crippen LogP contribution < -0.4 is 16.0 Å². The summed E-state index contributed by atoms with van der Waals surface area (Å²) in [6.45, 7) is 9.99. The zero-order valence-electron chi connectivity index (χ0n) is 17.0. The quantitative estimate of drug-likeness (QED) is 0.820. The lowest BCUT2D eigenvalue weighted by Crippen LogP contribution is -2.37. The van der Waals surface area contributed by atoms with Crippen molar-refractivity contribution in [2.24, 2.45) is 5.92 Å². The number of nitrogens with one attached hydrogen (secondary N) is 1. The molecule has 3 rings (SSSR count). The Labute approximate surface area is 160 Å². The van der Waals surface area contributed by atoms with Crippen molar-refractivity contribution in [2.75, 3.05) is 0 Å². The summed E-state index contributed by atoms with van der Waals surface area (Å²) >= 11 is 0. The molecule has 0 spiro atoms. The first kappa shape index (κ1) is 19.5. The number of nitrogens with zero attached hydrogens (tertiary/aromatic N) is 1. The van der Waals surface area contributed by atoms with Gasteiger partial charge in [-0.15, -0.1) is 0 Å². The minimum atomic E-state index is -0.386. The summed E-state index contributed by atoms with van der Waals surface area (Å²) in [4.78, 5) is 27.9. The second kappa shape index (κ2) is 7.75. The van der Waals surface area contributed by atoms with Crippen molar-refractivity contribution in [2.45, 2.75) is 72.3 Å². The van der Waals surface area contributed by atoms with Crippen molar-refractivity contribution in [1.82, 2.24) is 9.55 Å². The van der Waals surface area contributed by atoms with E-state index in [1.165, 1.54) is 12.8 Å². The predicted octanol–water partition coefficient (Wildman–Crippen LogP) is 4.82. The van der Waals surface area contributed by atoms with Crippen molar-refractivity contribution in [3.8, 4) is 11.6 Å². The minimum absolute atomic E-state index is 0.0183. The van der Waals surface area contributed by atoms with E-state index in [0.717, 1.165) is 24.0 Å². The van der Waals surface area contributed by atoms with Gasteiger partial charge in [-0.25, -0.2) is 4.79 Å². The first-order chi connectivity index (χ1) is 12.8. The predicted molar refractivity (Wildman–Crippen MR) is 108 cm³/mol. The number of aromatic nitrogens is 2. The van der Waals surface area contributed by atoms with Gasteiger partial charge in [0.2, 0.25) is 5.88 Å². The van der Waals surface area contributed by atoms with Crippen LogP contribution in [0.3, 0.4) is 0 Å². The number of hydrogen-bond donors (Lipinski definition) is 1. The topological polar surface area (TPSA) is 64.1 Å². The van der Waals surface area contributed by atoms with Crippen LogP contribution in [0.25, 0.3) is 0 Å². The van der Waals surface area contributed by atoms with Crippen LogP contribution in [0.15, 0.2) is 27.8 Å². The monoisotopic (exact) mass is 370 g/mol. The lowest BCUT2D eigenvalue weighted by molar-refractivity contribution is 0.303. The van der Waals surface area contributed by atoms with Gasteiger partial charge >= 0.3 is 5.69 Å². The summed E-state index contributed by atoms with van der Waals surface area (Å²) in [5.74, 6) is 1.42. The molecule has 5 nitrogen and oxygen atoms in total. The third-order valence-corrected chi connectivity index (χ3v) is 5.61. The summed E-state index contributed by atoms with van der Waals surface area (Å²) in [7, 11) is 0. The average molecular weight is 370 g/mol. The standard InChI is InChI=1S/C22H30N2O3/c1-13(2)19-20(25)23-22(26)24(16(5)17-8-6-7-9-17)21(19)27-18-11-14(3)10-15(4)12-18/h10-13,16-17H,6-9H2,1-5H3,(H,23,25,26). The third-order valence-electron chi connectivity index (χ3n) is 5.61. The number of aryl methyl sites for hydroxylation is 2. The van der Waals surface area contributed by atoms with Gasteiger partial charge in [-0.2, -0.15) is 0 Å². The Kier molecular flexibility index (Phi) is 5.59. The lowest BCUT2D eigenvalue weighted by atomic mass is 9.98. The number of hydrogen-bond acceptors (Lipinski definition) is 3. The van der Waals surface area contributed by atoms with Crippen molar-refractivity contribution in [3.63, 3.8) is 0 Å². The molecule has 1 atom stereocenters. The molecule has 1 aromatic heterocycles. The number of H-pyrrole nitrogens is 1. The van der Waals surface area contributed by atoms with Crippen molar-refractivity contribution >= 4 is 0 Å². The highest BCUT2D eigenvalue weighted by molar-refractivity contribution is 5.38. The van der Waals surface area contributed by atoms with E-state index in [0.29, 0.717) is 23.1 Å². The van der Waals surface area contributed by atoms with E-state index < -0.39 is 0 Å². The van der Waals surface area contributed by atoms with Gasteiger partial charge in [0.25, 0.3) is 5.56 Å². The Morgan fingerprint density at radius 1 is 1.04 bits per heavy atom. The molecule has 0 aliphatic heterocycles. The number of benzene rings is 1. The summed E-state index contributed by atoms with van der Waals surface area (Å²) < 4.78 is 7.92. The van der Waals surface area contributed by atoms with Gasteiger partial charge in [-0.05, 0) is 68.7 Å². The van der Waals surface area contributed by atoms with Crippen LogP contribution in [0.4, 0.5) is 0 Å². The summed E-state index contributed by atoms with van der Waals surface area (Å²) in [5.41, 5.74) is 1.95. The van der Waals surface area contributed by atoms with Crippen LogP contribution in [0, 0.1) is 19.8 Å². The maximum Gasteiger partial charge on any atom is 0.331 e. The smallest absolute Gasteiger partial charge is 0.331 e. The molecule has 1 N–H and O–H groups in total. The Morgan fingerprint density at radius 3 is 2.19 bits per heavy atom.